The average Bonchev–Trinajstić information content (AvgIpc) is 2.86. The normalized spacial score (nSPS) is 14.4. The number of hydrogen-bond donors (Lipinski definition) is 1. The lowest BCUT2D eigenvalue weighted by molar-refractivity contribution is -0.147. The first-order valence-corrected chi connectivity index (χ1v) is 13.1. The van der Waals surface area contributed by atoms with E-state index in [1.807, 2.05) is 0 Å². The van der Waals surface area contributed by atoms with Gasteiger partial charge in [0, 0.05) is 12.1 Å². The maximum absolute atomic E-state index is 14.9. The SMILES string of the molecule is Cc1cccc(-c2ccc3c(c2)N(S(=O)(=O)c2cccc(C(F)(F)F)c2)CN(CC(C)(C)C(=O)O)C3=O)c1F. The molecule has 0 unspecified atom stereocenters. The van der Waals surface area contributed by atoms with E-state index in [4.69, 9.17) is 0 Å². The molecular formula is C27H24F4N2O5S. The monoisotopic (exact) mass is 564 g/mol. The second-order valence-electron chi connectivity index (χ2n) is 9.88. The van der Waals surface area contributed by atoms with Crippen molar-refractivity contribution in [3.63, 3.8) is 0 Å². The van der Waals surface area contributed by atoms with E-state index in [2.05, 4.69) is 0 Å². The van der Waals surface area contributed by atoms with Gasteiger partial charge in [0.25, 0.3) is 15.9 Å². The van der Waals surface area contributed by atoms with Gasteiger partial charge >= 0.3 is 12.1 Å². The smallest absolute Gasteiger partial charge is 0.416 e. The number of sulfonamides is 1. The van der Waals surface area contributed by atoms with Crippen molar-refractivity contribution in [1.82, 2.24) is 4.90 Å². The van der Waals surface area contributed by atoms with Crippen molar-refractivity contribution < 1.29 is 40.7 Å². The molecule has 0 bridgehead atoms. The minimum Gasteiger partial charge on any atom is -0.481 e. The van der Waals surface area contributed by atoms with Crippen LogP contribution in [0.25, 0.3) is 11.1 Å². The van der Waals surface area contributed by atoms with Crippen LogP contribution in [0.5, 0.6) is 0 Å². The topological polar surface area (TPSA) is 95.0 Å². The molecule has 0 spiro atoms. The Bertz CT molecular complexity index is 1590. The third-order valence-corrected chi connectivity index (χ3v) is 8.24. The number of amides is 1. The Kier molecular flexibility index (Phi) is 6.97. The zero-order valence-corrected chi connectivity index (χ0v) is 21.9. The summed E-state index contributed by atoms with van der Waals surface area (Å²) in [6.45, 7) is 3.21. The molecule has 0 saturated carbocycles. The fraction of sp³-hybridized carbons (Fsp3) is 0.259. The van der Waals surface area contributed by atoms with E-state index in [0.29, 0.717) is 11.6 Å². The number of alkyl halides is 3. The van der Waals surface area contributed by atoms with Gasteiger partial charge in [0.05, 0.1) is 27.1 Å². The number of anilines is 1. The lowest BCUT2D eigenvalue weighted by Gasteiger charge is -2.39. The molecule has 1 heterocycles. The standard InChI is InChI=1S/C27H24F4N2O5S/c1-16-6-4-9-20(23(16)28)17-10-11-21-22(12-17)33(15-32(24(21)34)14-26(2,3)25(35)36)39(37,38)19-8-5-7-18(13-19)27(29,30)31/h4-13H,14-15H2,1-3H3,(H,35,36). The summed E-state index contributed by atoms with van der Waals surface area (Å²) in [5.41, 5.74) is -2.24. The number of carboxylic acids is 1. The summed E-state index contributed by atoms with van der Waals surface area (Å²) in [7, 11) is -4.71. The molecule has 0 radical (unpaired) electrons. The minimum absolute atomic E-state index is 0.130. The lowest BCUT2D eigenvalue weighted by Crippen LogP contribution is -2.52. The molecule has 0 saturated heterocycles. The first-order chi connectivity index (χ1) is 18.0. The molecule has 12 heteroatoms. The number of halogens is 4. The number of rotatable bonds is 6. The van der Waals surface area contributed by atoms with E-state index in [-0.39, 0.29) is 28.9 Å². The number of carbonyl (C=O) groups excluding carboxylic acids is 1. The van der Waals surface area contributed by atoms with Crippen LogP contribution in [0.2, 0.25) is 0 Å². The highest BCUT2D eigenvalue weighted by molar-refractivity contribution is 7.92. The van der Waals surface area contributed by atoms with Crippen LogP contribution in [-0.2, 0) is 21.0 Å². The van der Waals surface area contributed by atoms with Gasteiger partial charge in [0.15, 0.2) is 0 Å². The molecule has 0 atom stereocenters. The molecule has 1 aliphatic heterocycles. The van der Waals surface area contributed by atoms with Crippen LogP contribution in [0.4, 0.5) is 23.2 Å². The van der Waals surface area contributed by atoms with Crippen molar-refractivity contribution in [1.29, 1.82) is 0 Å². The molecule has 0 fully saturated rings. The maximum Gasteiger partial charge on any atom is 0.416 e. The number of carbonyl (C=O) groups is 2. The molecule has 0 aromatic heterocycles. The summed E-state index contributed by atoms with van der Waals surface area (Å²) in [6, 6.07) is 11.8. The van der Waals surface area contributed by atoms with Crippen molar-refractivity contribution in [2.75, 3.05) is 17.5 Å². The van der Waals surface area contributed by atoms with E-state index in [0.717, 1.165) is 27.4 Å². The quantitative estimate of drug-likeness (QED) is 0.397. The lowest BCUT2D eigenvalue weighted by atomic mass is 9.92. The number of carboxylic acid groups (broad SMARTS) is 1. The zero-order chi connectivity index (χ0) is 28.9. The van der Waals surface area contributed by atoms with Gasteiger partial charge in [-0.25, -0.2) is 17.1 Å². The summed E-state index contributed by atoms with van der Waals surface area (Å²) in [4.78, 5) is 25.4. The third kappa shape index (κ3) is 5.20. The molecule has 206 valence electrons. The molecule has 1 amide bonds. The first-order valence-electron chi connectivity index (χ1n) is 11.7. The molecule has 39 heavy (non-hydrogen) atoms. The van der Waals surface area contributed by atoms with Gasteiger partial charge in [-0.05, 0) is 62.2 Å². The fourth-order valence-electron chi connectivity index (χ4n) is 4.25. The van der Waals surface area contributed by atoms with Crippen molar-refractivity contribution in [3.05, 3.63) is 83.2 Å². The Labute approximate surface area is 222 Å². The summed E-state index contributed by atoms with van der Waals surface area (Å²) in [6.07, 6.45) is -4.81. The van der Waals surface area contributed by atoms with Gasteiger partial charge in [-0.15, -0.1) is 0 Å². The van der Waals surface area contributed by atoms with Gasteiger partial charge in [0.1, 0.15) is 12.5 Å². The van der Waals surface area contributed by atoms with E-state index in [9.17, 15) is 40.7 Å². The van der Waals surface area contributed by atoms with E-state index in [1.54, 1.807) is 19.1 Å². The molecular weight excluding hydrogens is 540 g/mol. The first kappa shape index (κ1) is 28.1. The number of aryl methyl sites for hydroxylation is 1. The number of hydrogen-bond acceptors (Lipinski definition) is 4. The van der Waals surface area contributed by atoms with Gasteiger partial charge in [-0.1, -0.05) is 30.3 Å². The molecule has 3 aromatic rings. The largest absolute Gasteiger partial charge is 0.481 e. The van der Waals surface area contributed by atoms with Gasteiger partial charge in [-0.3, -0.25) is 9.59 Å². The third-order valence-electron chi connectivity index (χ3n) is 6.50. The Morgan fingerprint density at radius 1 is 1.00 bits per heavy atom. The second kappa shape index (κ2) is 9.67. The van der Waals surface area contributed by atoms with Gasteiger partial charge in [0.2, 0.25) is 0 Å². The Balaban J connectivity index is 1.91. The summed E-state index contributed by atoms with van der Waals surface area (Å²) in [5.74, 6) is -2.47. The highest BCUT2D eigenvalue weighted by atomic mass is 32.2. The molecule has 1 N–H and O–H groups in total. The summed E-state index contributed by atoms with van der Waals surface area (Å²) >= 11 is 0. The van der Waals surface area contributed by atoms with Crippen LogP contribution in [-0.4, -0.2) is 43.5 Å². The van der Waals surface area contributed by atoms with E-state index in [1.165, 1.54) is 38.1 Å². The number of fused-ring (bicyclic) bond motifs is 1. The second-order valence-corrected chi connectivity index (χ2v) is 11.7. The molecule has 3 aromatic carbocycles. The van der Waals surface area contributed by atoms with Crippen LogP contribution in [0.3, 0.4) is 0 Å². The van der Waals surface area contributed by atoms with Crippen LogP contribution in [0.15, 0.2) is 65.6 Å². The Hall–Kier alpha value is -3.93. The highest BCUT2D eigenvalue weighted by Gasteiger charge is 2.41. The molecule has 0 aliphatic carbocycles. The van der Waals surface area contributed by atoms with Crippen LogP contribution < -0.4 is 4.31 Å². The predicted octanol–water partition coefficient (Wildman–Crippen LogP) is 5.54. The van der Waals surface area contributed by atoms with Crippen LogP contribution >= 0.6 is 0 Å². The Morgan fingerprint density at radius 3 is 2.31 bits per heavy atom. The Morgan fingerprint density at radius 2 is 1.67 bits per heavy atom. The summed E-state index contributed by atoms with van der Waals surface area (Å²) < 4.78 is 83.3. The zero-order valence-electron chi connectivity index (χ0n) is 21.1. The molecule has 1 aliphatic rings. The van der Waals surface area contributed by atoms with Crippen molar-refractivity contribution >= 4 is 27.6 Å². The van der Waals surface area contributed by atoms with E-state index < -0.39 is 56.4 Å². The average molecular weight is 565 g/mol. The van der Waals surface area contributed by atoms with Crippen molar-refractivity contribution in [2.45, 2.75) is 31.8 Å². The maximum atomic E-state index is 14.9. The number of aliphatic carboxylic acids is 1. The fourth-order valence-corrected chi connectivity index (χ4v) is 5.74. The van der Waals surface area contributed by atoms with Gasteiger partial charge in [-0.2, -0.15) is 13.2 Å². The van der Waals surface area contributed by atoms with Crippen molar-refractivity contribution in [3.8, 4) is 11.1 Å². The minimum atomic E-state index is -4.81. The highest BCUT2D eigenvalue weighted by Crippen LogP contribution is 2.38. The molecule has 7 nitrogen and oxygen atoms in total. The van der Waals surface area contributed by atoms with E-state index >= 15 is 0 Å². The van der Waals surface area contributed by atoms with Crippen LogP contribution in [0, 0.1) is 18.2 Å². The number of benzene rings is 3. The van der Waals surface area contributed by atoms with Crippen molar-refractivity contribution in [2.24, 2.45) is 5.41 Å². The number of nitrogens with zero attached hydrogens (tertiary/aromatic N) is 2. The summed E-state index contributed by atoms with van der Waals surface area (Å²) in [5, 5.41) is 9.56. The van der Waals surface area contributed by atoms with Gasteiger partial charge < -0.3 is 10.0 Å². The molecule has 4 rings (SSSR count). The predicted molar refractivity (Wildman–Crippen MR) is 135 cm³/mol. The van der Waals surface area contributed by atoms with Crippen LogP contribution in [0.1, 0.15) is 35.3 Å².